The summed E-state index contributed by atoms with van der Waals surface area (Å²) < 4.78 is 12.3. The van der Waals surface area contributed by atoms with Gasteiger partial charge < -0.3 is 19.1 Å². The first-order chi connectivity index (χ1) is 17.6. The standard InChI is InChI=1S/C28H33N3O6Si/c1-8-28(35)19-12-21-22-17(13-31(21)24(32)18(19)14-36-25(28)33)23(38(5,6)7)16-11-15(9-10-20(16)30-22)29-26(34)37-27(2,3)4/h9-12,35H,8,13-14H2,1-7H3,(H,29,34)/t28-/m0/s1. The Morgan fingerprint density at radius 3 is 2.55 bits per heavy atom. The van der Waals surface area contributed by atoms with Crippen LogP contribution in [0.2, 0.25) is 19.6 Å². The molecule has 0 aliphatic carbocycles. The summed E-state index contributed by atoms with van der Waals surface area (Å²) in [6, 6.07) is 7.28. The number of benzene rings is 1. The van der Waals surface area contributed by atoms with Crippen LogP contribution in [0.15, 0.2) is 29.1 Å². The molecule has 2 aliphatic rings. The van der Waals surface area contributed by atoms with Crippen molar-refractivity contribution in [1.29, 1.82) is 0 Å². The van der Waals surface area contributed by atoms with Gasteiger partial charge in [-0.3, -0.25) is 10.1 Å². The number of hydrogen-bond donors (Lipinski definition) is 2. The number of carbonyl (C=O) groups excluding carboxylic acids is 2. The lowest BCUT2D eigenvalue weighted by atomic mass is 9.86. The molecular weight excluding hydrogens is 502 g/mol. The number of carbonyl (C=O) groups is 2. The van der Waals surface area contributed by atoms with Crippen LogP contribution in [0, 0.1) is 0 Å². The molecule has 2 aromatic heterocycles. The molecule has 3 aromatic rings. The van der Waals surface area contributed by atoms with E-state index in [1.54, 1.807) is 23.6 Å². The van der Waals surface area contributed by atoms with Gasteiger partial charge in [-0.25, -0.2) is 14.6 Å². The second kappa shape index (κ2) is 8.50. The quantitative estimate of drug-likeness (QED) is 0.301. The summed E-state index contributed by atoms with van der Waals surface area (Å²) in [5.74, 6) is -0.741. The van der Waals surface area contributed by atoms with Gasteiger partial charge in [0.05, 0.1) is 37.1 Å². The van der Waals surface area contributed by atoms with Crippen molar-refractivity contribution in [2.24, 2.45) is 0 Å². The fourth-order valence-electron chi connectivity index (χ4n) is 5.44. The summed E-state index contributed by atoms with van der Waals surface area (Å²) in [4.78, 5) is 43.5. The van der Waals surface area contributed by atoms with E-state index in [1.165, 1.54) is 0 Å². The summed E-state index contributed by atoms with van der Waals surface area (Å²) in [5, 5.41) is 16.0. The predicted octanol–water partition coefficient (Wildman–Crippen LogP) is 3.97. The van der Waals surface area contributed by atoms with Gasteiger partial charge in [-0.15, -0.1) is 0 Å². The Morgan fingerprint density at radius 2 is 1.92 bits per heavy atom. The minimum atomic E-state index is -2.02. The first-order valence-electron chi connectivity index (χ1n) is 12.8. The third-order valence-electron chi connectivity index (χ3n) is 7.08. The summed E-state index contributed by atoms with van der Waals surface area (Å²) >= 11 is 0. The van der Waals surface area contributed by atoms with E-state index in [2.05, 4.69) is 25.0 Å². The van der Waals surface area contributed by atoms with Gasteiger partial charge in [0.1, 0.15) is 12.2 Å². The van der Waals surface area contributed by atoms with Crippen molar-refractivity contribution in [1.82, 2.24) is 9.55 Å². The van der Waals surface area contributed by atoms with Gasteiger partial charge in [0.15, 0.2) is 5.60 Å². The zero-order valence-electron chi connectivity index (χ0n) is 22.8. The smallest absolute Gasteiger partial charge is 0.412 e. The Labute approximate surface area is 221 Å². The maximum Gasteiger partial charge on any atom is 0.412 e. The number of ether oxygens (including phenoxy) is 2. The molecule has 1 aromatic carbocycles. The van der Waals surface area contributed by atoms with Gasteiger partial charge >= 0.3 is 12.1 Å². The van der Waals surface area contributed by atoms with E-state index in [9.17, 15) is 19.5 Å². The van der Waals surface area contributed by atoms with Gasteiger partial charge in [-0.1, -0.05) is 26.6 Å². The van der Waals surface area contributed by atoms with Crippen LogP contribution < -0.4 is 16.1 Å². The van der Waals surface area contributed by atoms with E-state index in [4.69, 9.17) is 14.5 Å². The minimum absolute atomic E-state index is 0.0906. The molecule has 0 saturated heterocycles. The molecule has 200 valence electrons. The largest absolute Gasteiger partial charge is 0.458 e. The minimum Gasteiger partial charge on any atom is -0.458 e. The van der Waals surface area contributed by atoms with Crippen molar-refractivity contribution in [3.8, 4) is 11.4 Å². The second-order valence-corrected chi connectivity index (χ2v) is 17.0. The highest BCUT2D eigenvalue weighted by atomic mass is 28.3. The molecule has 0 spiro atoms. The van der Waals surface area contributed by atoms with Gasteiger partial charge in [0, 0.05) is 16.6 Å². The summed E-state index contributed by atoms with van der Waals surface area (Å²) in [6.07, 6.45) is -0.446. The molecule has 1 amide bonds. The number of nitrogens with one attached hydrogen (secondary N) is 1. The van der Waals surface area contributed by atoms with Gasteiger partial charge in [-0.2, -0.15) is 0 Å². The van der Waals surface area contributed by atoms with Crippen LogP contribution in [0.3, 0.4) is 0 Å². The number of pyridine rings is 2. The summed E-state index contributed by atoms with van der Waals surface area (Å²) in [6.45, 7) is 14.0. The van der Waals surface area contributed by atoms with Crippen LogP contribution in [0.5, 0.6) is 0 Å². The topological polar surface area (TPSA) is 120 Å². The molecular formula is C28H33N3O6Si. The molecule has 0 unspecified atom stereocenters. The van der Waals surface area contributed by atoms with E-state index in [1.807, 2.05) is 32.9 Å². The monoisotopic (exact) mass is 535 g/mol. The molecule has 2 N–H and O–H groups in total. The molecule has 2 aliphatic heterocycles. The molecule has 9 nitrogen and oxygen atoms in total. The number of fused-ring (bicyclic) bond motifs is 5. The van der Waals surface area contributed by atoms with Crippen molar-refractivity contribution in [3.05, 3.63) is 51.3 Å². The Morgan fingerprint density at radius 1 is 1.21 bits per heavy atom. The zero-order chi connectivity index (χ0) is 27.8. The highest BCUT2D eigenvalue weighted by Crippen LogP contribution is 2.39. The van der Waals surface area contributed by atoms with Crippen molar-refractivity contribution < 1.29 is 24.2 Å². The lowest BCUT2D eigenvalue weighted by Gasteiger charge is -2.31. The number of aliphatic hydroxyl groups is 1. The number of rotatable bonds is 3. The number of aromatic nitrogens is 2. The highest BCUT2D eigenvalue weighted by Gasteiger charge is 2.45. The van der Waals surface area contributed by atoms with Gasteiger partial charge in [0.2, 0.25) is 0 Å². The molecule has 0 radical (unpaired) electrons. The van der Waals surface area contributed by atoms with E-state index in [-0.39, 0.29) is 18.6 Å². The highest BCUT2D eigenvalue weighted by molar-refractivity contribution is 6.90. The normalized spacial score (nSPS) is 18.5. The molecule has 38 heavy (non-hydrogen) atoms. The van der Waals surface area contributed by atoms with Crippen molar-refractivity contribution in [3.63, 3.8) is 0 Å². The predicted molar refractivity (Wildman–Crippen MR) is 147 cm³/mol. The number of cyclic esters (lactones) is 1. The third kappa shape index (κ3) is 4.12. The first-order valence-corrected chi connectivity index (χ1v) is 16.3. The molecule has 5 rings (SSSR count). The van der Waals surface area contributed by atoms with Crippen LogP contribution in [-0.4, -0.2) is 40.4 Å². The van der Waals surface area contributed by atoms with E-state index < -0.39 is 31.3 Å². The Kier molecular flexibility index (Phi) is 5.84. The molecule has 0 bridgehead atoms. The third-order valence-corrected chi connectivity index (χ3v) is 9.15. The zero-order valence-corrected chi connectivity index (χ0v) is 23.8. The first kappa shape index (κ1) is 26.1. The summed E-state index contributed by atoms with van der Waals surface area (Å²) in [7, 11) is -2.02. The van der Waals surface area contributed by atoms with Crippen LogP contribution in [0.25, 0.3) is 22.3 Å². The fraction of sp³-hybridized carbons (Fsp3) is 0.429. The van der Waals surface area contributed by atoms with Crippen LogP contribution in [0.4, 0.5) is 10.5 Å². The molecule has 1 atom stereocenters. The molecule has 4 heterocycles. The summed E-state index contributed by atoms with van der Waals surface area (Å²) in [5.41, 5.74) is 1.38. The number of amides is 1. The number of hydrogen-bond acceptors (Lipinski definition) is 7. The second-order valence-electron chi connectivity index (χ2n) is 12.0. The van der Waals surface area contributed by atoms with Crippen LogP contribution in [-0.2, 0) is 33.0 Å². The molecule has 0 fully saturated rings. The van der Waals surface area contributed by atoms with E-state index >= 15 is 0 Å². The van der Waals surface area contributed by atoms with E-state index in [0.29, 0.717) is 34.7 Å². The molecule has 10 heteroatoms. The lowest BCUT2D eigenvalue weighted by molar-refractivity contribution is -0.172. The van der Waals surface area contributed by atoms with Crippen molar-refractivity contribution in [2.75, 3.05) is 5.32 Å². The van der Waals surface area contributed by atoms with E-state index in [0.717, 1.165) is 21.7 Å². The lowest BCUT2D eigenvalue weighted by Crippen LogP contribution is -2.44. The fourth-order valence-corrected chi connectivity index (χ4v) is 7.55. The van der Waals surface area contributed by atoms with Gasteiger partial charge in [-0.05, 0) is 62.2 Å². The Balaban J connectivity index is 1.70. The number of esters is 1. The Bertz CT molecular complexity index is 1580. The maximum atomic E-state index is 13.6. The number of nitrogens with zero attached hydrogens (tertiary/aromatic N) is 2. The molecule has 0 saturated carbocycles. The average molecular weight is 536 g/mol. The SMILES string of the molecule is CC[C@@]1(O)C(=O)OCc2c1cc1n(c2=O)Cc2c-1nc1ccc(NC(=O)OC(C)(C)C)cc1c2[Si](C)(C)C. The van der Waals surface area contributed by atoms with Crippen LogP contribution in [0.1, 0.15) is 50.8 Å². The van der Waals surface area contributed by atoms with Crippen LogP contribution >= 0.6 is 0 Å². The maximum absolute atomic E-state index is 13.6. The Hall–Kier alpha value is -3.50. The van der Waals surface area contributed by atoms with Gasteiger partial charge in [0.25, 0.3) is 5.56 Å². The van der Waals surface area contributed by atoms with Crippen molar-refractivity contribution >= 4 is 41.9 Å². The number of anilines is 1. The average Bonchev–Trinajstić information content (AvgIpc) is 3.16. The van der Waals surface area contributed by atoms with Crippen molar-refractivity contribution in [2.45, 2.75) is 78.1 Å².